The van der Waals surface area contributed by atoms with Crippen LogP contribution in [-0.4, -0.2) is 17.0 Å². The summed E-state index contributed by atoms with van der Waals surface area (Å²) in [5.74, 6) is -0.290. The van der Waals surface area contributed by atoms with Gasteiger partial charge in [0.1, 0.15) is 5.75 Å². The molecular weight excluding hydrogens is 184 g/mol. The van der Waals surface area contributed by atoms with E-state index in [4.69, 9.17) is 15.6 Å². The number of phenolic OH excluding ortho intramolecular Hbond substituents is 1. The van der Waals surface area contributed by atoms with Crippen LogP contribution in [0.3, 0.4) is 0 Å². The topological polar surface area (TPSA) is 84.9 Å². The Morgan fingerprint density at radius 2 is 2.00 bits per heavy atom. The predicted molar refractivity (Wildman–Crippen MR) is 48.6 cm³/mol. The molecule has 3 N–H and O–H groups in total. The fraction of sp³-hybridized carbons (Fsp3) is 0.111. The van der Waals surface area contributed by atoms with E-state index in [1.807, 2.05) is 0 Å². The lowest BCUT2D eigenvalue weighted by Crippen LogP contribution is -2.13. The third kappa shape index (κ3) is 1.39. The number of nitrogens with two attached hydrogens (primary N) is 1. The SMILES string of the molecule is NC1=NC(=O)C(c2ccc(O)cc2)O1. The van der Waals surface area contributed by atoms with Gasteiger partial charge in [-0.1, -0.05) is 12.1 Å². The molecule has 0 aromatic heterocycles. The van der Waals surface area contributed by atoms with Crippen LogP contribution >= 0.6 is 0 Å². The van der Waals surface area contributed by atoms with Gasteiger partial charge in [-0.2, -0.15) is 4.99 Å². The number of amidine groups is 1. The Kier molecular flexibility index (Phi) is 1.85. The van der Waals surface area contributed by atoms with Gasteiger partial charge < -0.3 is 15.6 Å². The van der Waals surface area contributed by atoms with E-state index < -0.39 is 12.0 Å². The number of carbonyl (C=O) groups excluding carboxylic acids is 1. The van der Waals surface area contributed by atoms with Gasteiger partial charge in [0.15, 0.2) is 0 Å². The standard InChI is InChI=1S/C9H8N2O3/c10-9-11-8(13)7(14-9)5-1-3-6(12)4-2-5/h1-4,7,12H,(H2,10,11,13). The molecule has 1 heterocycles. The Bertz CT molecular complexity index is 397. The lowest BCUT2D eigenvalue weighted by molar-refractivity contribution is -0.122. The summed E-state index contributed by atoms with van der Waals surface area (Å²) < 4.78 is 5.00. The van der Waals surface area contributed by atoms with Crippen molar-refractivity contribution < 1.29 is 14.6 Å². The van der Waals surface area contributed by atoms with Gasteiger partial charge in [-0.05, 0) is 12.1 Å². The van der Waals surface area contributed by atoms with E-state index >= 15 is 0 Å². The van der Waals surface area contributed by atoms with Crippen LogP contribution in [0.5, 0.6) is 5.75 Å². The first-order valence-electron chi connectivity index (χ1n) is 4.00. The number of phenols is 1. The van der Waals surface area contributed by atoms with Crippen LogP contribution in [0.15, 0.2) is 29.3 Å². The van der Waals surface area contributed by atoms with E-state index in [2.05, 4.69) is 4.99 Å². The zero-order valence-corrected chi connectivity index (χ0v) is 7.18. The summed E-state index contributed by atoms with van der Waals surface area (Å²) in [7, 11) is 0. The maximum absolute atomic E-state index is 11.2. The normalized spacial score (nSPS) is 20.4. The van der Waals surface area contributed by atoms with E-state index in [9.17, 15) is 4.79 Å². The molecule has 2 rings (SSSR count). The molecule has 0 saturated heterocycles. The summed E-state index contributed by atoms with van der Waals surface area (Å²) in [5, 5.41) is 9.04. The minimum absolute atomic E-state index is 0.118. The summed E-state index contributed by atoms with van der Waals surface area (Å²) in [6.07, 6.45) is -0.768. The number of rotatable bonds is 1. The van der Waals surface area contributed by atoms with Gasteiger partial charge in [-0.3, -0.25) is 4.79 Å². The Balaban J connectivity index is 2.26. The third-order valence-corrected chi connectivity index (χ3v) is 1.88. The molecule has 1 atom stereocenters. The Labute approximate surface area is 79.8 Å². The number of benzene rings is 1. The van der Waals surface area contributed by atoms with E-state index in [1.54, 1.807) is 12.1 Å². The second kappa shape index (κ2) is 3.02. The summed E-state index contributed by atoms with van der Waals surface area (Å²) in [4.78, 5) is 14.7. The number of ether oxygens (including phenoxy) is 1. The van der Waals surface area contributed by atoms with Crippen molar-refractivity contribution in [2.75, 3.05) is 0 Å². The molecule has 0 saturated carbocycles. The van der Waals surface area contributed by atoms with Gasteiger partial charge in [-0.15, -0.1) is 0 Å². The van der Waals surface area contributed by atoms with E-state index in [0.717, 1.165) is 0 Å². The van der Waals surface area contributed by atoms with Gasteiger partial charge in [0.05, 0.1) is 0 Å². The molecule has 0 bridgehead atoms. The summed E-state index contributed by atoms with van der Waals surface area (Å²) >= 11 is 0. The Hall–Kier alpha value is -2.04. The average Bonchev–Trinajstić information content (AvgIpc) is 2.47. The van der Waals surface area contributed by atoms with Crippen molar-refractivity contribution in [3.8, 4) is 5.75 Å². The van der Waals surface area contributed by atoms with Crippen LogP contribution in [-0.2, 0) is 9.53 Å². The first-order valence-corrected chi connectivity index (χ1v) is 4.00. The van der Waals surface area contributed by atoms with Crippen molar-refractivity contribution in [2.45, 2.75) is 6.10 Å². The third-order valence-electron chi connectivity index (χ3n) is 1.88. The van der Waals surface area contributed by atoms with Crippen LogP contribution < -0.4 is 5.73 Å². The highest BCUT2D eigenvalue weighted by Gasteiger charge is 2.28. The van der Waals surface area contributed by atoms with Crippen LogP contribution in [0.25, 0.3) is 0 Å². The molecule has 0 spiro atoms. The smallest absolute Gasteiger partial charge is 0.296 e. The number of hydrogen-bond donors (Lipinski definition) is 2. The number of aliphatic imine (C=N–C) groups is 1. The van der Waals surface area contributed by atoms with Crippen molar-refractivity contribution >= 4 is 11.9 Å². The first kappa shape index (κ1) is 8.55. The Morgan fingerprint density at radius 3 is 2.50 bits per heavy atom. The van der Waals surface area contributed by atoms with Crippen LogP contribution in [0.1, 0.15) is 11.7 Å². The van der Waals surface area contributed by atoms with Gasteiger partial charge in [0.25, 0.3) is 11.9 Å². The summed E-state index contributed by atoms with van der Waals surface area (Å²) in [6, 6.07) is 6.01. The second-order valence-electron chi connectivity index (χ2n) is 2.88. The minimum Gasteiger partial charge on any atom is -0.508 e. The molecule has 0 aliphatic carbocycles. The number of carbonyl (C=O) groups is 1. The number of hydrogen-bond acceptors (Lipinski definition) is 4. The molecule has 14 heavy (non-hydrogen) atoms. The molecule has 1 amide bonds. The van der Waals surface area contributed by atoms with E-state index in [1.165, 1.54) is 12.1 Å². The van der Waals surface area contributed by atoms with Crippen LogP contribution in [0, 0.1) is 0 Å². The lowest BCUT2D eigenvalue weighted by Gasteiger charge is -2.07. The van der Waals surface area contributed by atoms with Gasteiger partial charge in [-0.25, -0.2) is 0 Å². The van der Waals surface area contributed by atoms with Crippen molar-refractivity contribution in [3.05, 3.63) is 29.8 Å². The fourth-order valence-corrected chi connectivity index (χ4v) is 1.22. The molecule has 5 heteroatoms. The number of nitrogens with zero attached hydrogens (tertiary/aromatic N) is 1. The molecule has 5 nitrogen and oxygen atoms in total. The monoisotopic (exact) mass is 192 g/mol. The highest BCUT2D eigenvalue weighted by molar-refractivity contribution is 5.98. The number of amides is 1. The molecule has 1 unspecified atom stereocenters. The zero-order valence-electron chi connectivity index (χ0n) is 7.18. The highest BCUT2D eigenvalue weighted by atomic mass is 16.5. The number of aromatic hydroxyl groups is 1. The predicted octanol–water partition coefficient (Wildman–Crippen LogP) is 0.305. The van der Waals surface area contributed by atoms with Gasteiger partial charge in [0, 0.05) is 5.56 Å². The molecule has 0 radical (unpaired) electrons. The fourth-order valence-electron chi connectivity index (χ4n) is 1.22. The second-order valence-corrected chi connectivity index (χ2v) is 2.88. The largest absolute Gasteiger partial charge is 0.508 e. The molecular formula is C9H8N2O3. The summed E-state index contributed by atoms with van der Waals surface area (Å²) in [6.45, 7) is 0. The highest BCUT2D eigenvalue weighted by Crippen LogP contribution is 2.24. The van der Waals surface area contributed by atoms with E-state index in [-0.39, 0.29) is 11.8 Å². The van der Waals surface area contributed by atoms with Crippen molar-refractivity contribution in [2.24, 2.45) is 10.7 Å². The zero-order chi connectivity index (χ0) is 10.1. The first-order chi connectivity index (χ1) is 6.66. The average molecular weight is 192 g/mol. The molecule has 1 aliphatic rings. The molecule has 72 valence electrons. The quantitative estimate of drug-likeness (QED) is 0.670. The van der Waals surface area contributed by atoms with Crippen LogP contribution in [0.4, 0.5) is 0 Å². The molecule has 1 aromatic rings. The van der Waals surface area contributed by atoms with Crippen LogP contribution in [0.2, 0.25) is 0 Å². The van der Waals surface area contributed by atoms with E-state index in [0.29, 0.717) is 5.56 Å². The van der Waals surface area contributed by atoms with Crippen molar-refractivity contribution in [3.63, 3.8) is 0 Å². The lowest BCUT2D eigenvalue weighted by atomic mass is 10.1. The molecule has 1 aliphatic heterocycles. The van der Waals surface area contributed by atoms with Gasteiger partial charge in [0.2, 0.25) is 6.10 Å². The minimum atomic E-state index is -0.768. The molecule has 0 fully saturated rings. The van der Waals surface area contributed by atoms with Crippen molar-refractivity contribution in [1.29, 1.82) is 0 Å². The molecule has 1 aromatic carbocycles. The van der Waals surface area contributed by atoms with Crippen molar-refractivity contribution in [1.82, 2.24) is 0 Å². The Morgan fingerprint density at radius 1 is 1.36 bits per heavy atom. The maximum Gasteiger partial charge on any atom is 0.296 e. The maximum atomic E-state index is 11.2. The summed E-state index contributed by atoms with van der Waals surface area (Å²) in [5.41, 5.74) is 5.86. The van der Waals surface area contributed by atoms with Gasteiger partial charge >= 0.3 is 0 Å².